The molecule has 2 unspecified atom stereocenters. The highest BCUT2D eigenvalue weighted by atomic mass is 16.5. The van der Waals surface area contributed by atoms with Crippen LogP contribution in [0.4, 0.5) is 0 Å². The molecule has 1 saturated carbocycles. The normalized spacial score (nSPS) is 21.4. The van der Waals surface area contributed by atoms with Crippen molar-refractivity contribution in [3.05, 3.63) is 59.7 Å². The fourth-order valence-electron chi connectivity index (χ4n) is 3.08. The van der Waals surface area contributed by atoms with E-state index < -0.39 is 0 Å². The van der Waals surface area contributed by atoms with Crippen LogP contribution in [0.15, 0.2) is 48.5 Å². The van der Waals surface area contributed by atoms with Crippen LogP contribution in [0.1, 0.15) is 36.8 Å². The lowest BCUT2D eigenvalue weighted by molar-refractivity contribution is 0.0680. The highest BCUT2D eigenvalue weighted by Crippen LogP contribution is 2.27. The van der Waals surface area contributed by atoms with Crippen molar-refractivity contribution in [2.45, 2.75) is 51.7 Å². The average molecular weight is 296 g/mol. The SMILES string of the molecule is Cc1cccc(OC2CCCC(Oc3cccc(C)c3)C2)c1. The van der Waals surface area contributed by atoms with Crippen molar-refractivity contribution < 1.29 is 9.47 Å². The van der Waals surface area contributed by atoms with Gasteiger partial charge in [-0.05, 0) is 68.5 Å². The Hall–Kier alpha value is -1.96. The van der Waals surface area contributed by atoms with E-state index in [4.69, 9.17) is 9.47 Å². The van der Waals surface area contributed by atoms with E-state index in [0.717, 1.165) is 37.2 Å². The molecule has 0 aromatic heterocycles. The van der Waals surface area contributed by atoms with E-state index in [1.165, 1.54) is 11.1 Å². The molecule has 0 amide bonds. The summed E-state index contributed by atoms with van der Waals surface area (Å²) in [4.78, 5) is 0. The number of rotatable bonds is 4. The van der Waals surface area contributed by atoms with Crippen LogP contribution in [0, 0.1) is 13.8 Å². The fraction of sp³-hybridized carbons (Fsp3) is 0.400. The summed E-state index contributed by atoms with van der Waals surface area (Å²) in [5.41, 5.74) is 2.47. The molecular formula is C20H24O2. The molecule has 2 aromatic carbocycles. The van der Waals surface area contributed by atoms with Crippen LogP contribution < -0.4 is 9.47 Å². The number of hydrogen-bond donors (Lipinski definition) is 0. The lowest BCUT2D eigenvalue weighted by Gasteiger charge is -2.30. The largest absolute Gasteiger partial charge is 0.490 e. The topological polar surface area (TPSA) is 18.5 Å². The molecule has 2 nitrogen and oxygen atoms in total. The molecule has 1 aliphatic carbocycles. The first-order chi connectivity index (χ1) is 10.7. The minimum absolute atomic E-state index is 0.255. The van der Waals surface area contributed by atoms with Crippen LogP contribution in [0.25, 0.3) is 0 Å². The van der Waals surface area contributed by atoms with Crippen molar-refractivity contribution in [2.75, 3.05) is 0 Å². The summed E-state index contributed by atoms with van der Waals surface area (Å²) in [5, 5.41) is 0. The minimum Gasteiger partial charge on any atom is -0.490 e. The van der Waals surface area contributed by atoms with Gasteiger partial charge < -0.3 is 9.47 Å². The third kappa shape index (κ3) is 4.03. The van der Waals surface area contributed by atoms with E-state index in [2.05, 4.69) is 38.1 Å². The molecule has 22 heavy (non-hydrogen) atoms. The molecule has 3 rings (SSSR count). The Morgan fingerprint density at radius 3 is 1.73 bits per heavy atom. The zero-order valence-corrected chi connectivity index (χ0v) is 13.4. The lowest BCUT2D eigenvalue weighted by atomic mass is 9.94. The second-order valence-electron chi connectivity index (χ2n) is 6.28. The molecule has 2 atom stereocenters. The molecular weight excluding hydrogens is 272 g/mol. The first-order valence-electron chi connectivity index (χ1n) is 8.16. The van der Waals surface area contributed by atoms with E-state index in [0.29, 0.717) is 0 Å². The quantitative estimate of drug-likeness (QED) is 0.784. The lowest BCUT2D eigenvalue weighted by Crippen LogP contribution is -2.32. The molecule has 0 bridgehead atoms. The average Bonchev–Trinajstić information content (AvgIpc) is 2.47. The first kappa shape index (κ1) is 15.0. The number of benzene rings is 2. The van der Waals surface area contributed by atoms with Crippen molar-refractivity contribution in [3.63, 3.8) is 0 Å². The Bertz CT molecular complexity index is 567. The van der Waals surface area contributed by atoms with Gasteiger partial charge in [0.2, 0.25) is 0 Å². The Morgan fingerprint density at radius 2 is 1.27 bits per heavy atom. The summed E-state index contributed by atoms with van der Waals surface area (Å²) in [5.74, 6) is 1.95. The first-order valence-corrected chi connectivity index (χ1v) is 8.16. The second kappa shape index (κ2) is 6.87. The van der Waals surface area contributed by atoms with E-state index >= 15 is 0 Å². The van der Waals surface area contributed by atoms with Gasteiger partial charge in [0, 0.05) is 6.42 Å². The van der Waals surface area contributed by atoms with Gasteiger partial charge >= 0.3 is 0 Å². The summed E-state index contributed by atoms with van der Waals surface area (Å²) >= 11 is 0. The van der Waals surface area contributed by atoms with Crippen molar-refractivity contribution in [1.82, 2.24) is 0 Å². The molecule has 2 heteroatoms. The third-order valence-corrected chi connectivity index (χ3v) is 4.16. The Labute approximate surface area is 133 Å². The minimum atomic E-state index is 0.255. The fourth-order valence-corrected chi connectivity index (χ4v) is 3.08. The monoisotopic (exact) mass is 296 g/mol. The third-order valence-electron chi connectivity index (χ3n) is 4.16. The highest BCUT2D eigenvalue weighted by molar-refractivity contribution is 5.28. The van der Waals surface area contributed by atoms with Crippen LogP contribution in [0.5, 0.6) is 11.5 Å². The van der Waals surface area contributed by atoms with Crippen LogP contribution in [0.2, 0.25) is 0 Å². The smallest absolute Gasteiger partial charge is 0.119 e. The maximum absolute atomic E-state index is 6.15. The van der Waals surface area contributed by atoms with Gasteiger partial charge in [0.1, 0.15) is 23.7 Å². The van der Waals surface area contributed by atoms with Gasteiger partial charge in [-0.2, -0.15) is 0 Å². The predicted octanol–water partition coefficient (Wildman–Crippen LogP) is 5.07. The number of hydrogen-bond acceptors (Lipinski definition) is 2. The standard InChI is InChI=1S/C20H24O2/c1-15-6-3-8-17(12-15)21-19-10-5-11-20(14-19)22-18-9-4-7-16(2)13-18/h3-4,6-9,12-13,19-20H,5,10-11,14H2,1-2H3. The molecule has 0 saturated heterocycles. The molecule has 0 radical (unpaired) electrons. The summed E-state index contributed by atoms with van der Waals surface area (Å²) in [6.45, 7) is 4.19. The molecule has 2 aromatic rings. The summed E-state index contributed by atoms with van der Waals surface area (Å²) in [7, 11) is 0. The maximum Gasteiger partial charge on any atom is 0.119 e. The Kier molecular flexibility index (Phi) is 4.67. The van der Waals surface area contributed by atoms with Gasteiger partial charge in [0.15, 0.2) is 0 Å². The van der Waals surface area contributed by atoms with Gasteiger partial charge in [0.25, 0.3) is 0 Å². The zero-order chi connectivity index (χ0) is 15.4. The van der Waals surface area contributed by atoms with Gasteiger partial charge in [0.05, 0.1) is 0 Å². The summed E-state index contributed by atoms with van der Waals surface area (Å²) in [6, 6.07) is 16.6. The van der Waals surface area contributed by atoms with Crippen LogP contribution in [0.3, 0.4) is 0 Å². The number of aryl methyl sites for hydroxylation is 2. The van der Waals surface area contributed by atoms with Gasteiger partial charge in [-0.25, -0.2) is 0 Å². The van der Waals surface area contributed by atoms with Crippen molar-refractivity contribution in [3.8, 4) is 11.5 Å². The van der Waals surface area contributed by atoms with Crippen LogP contribution in [-0.4, -0.2) is 12.2 Å². The van der Waals surface area contributed by atoms with Crippen molar-refractivity contribution >= 4 is 0 Å². The van der Waals surface area contributed by atoms with Crippen molar-refractivity contribution in [2.24, 2.45) is 0 Å². The summed E-state index contributed by atoms with van der Waals surface area (Å²) in [6.07, 6.45) is 4.86. The highest BCUT2D eigenvalue weighted by Gasteiger charge is 2.24. The summed E-state index contributed by atoms with van der Waals surface area (Å²) < 4.78 is 12.3. The molecule has 0 N–H and O–H groups in total. The van der Waals surface area contributed by atoms with E-state index in [-0.39, 0.29) is 12.2 Å². The van der Waals surface area contributed by atoms with Crippen LogP contribution in [-0.2, 0) is 0 Å². The van der Waals surface area contributed by atoms with Crippen molar-refractivity contribution in [1.29, 1.82) is 0 Å². The molecule has 0 aliphatic heterocycles. The zero-order valence-electron chi connectivity index (χ0n) is 13.4. The molecule has 1 fully saturated rings. The van der Waals surface area contributed by atoms with E-state index in [9.17, 15) is 0 Å². The molecule has 1 aliphatic rings. The Balaban J connectivity index is 1.59. The van der Waals surface area contributed by atoms with Crippen LogP contribution >= 0.6 is 0 Å². The molecule has 0 spiro atoms. The van der Waals surface area contributed by atoms with Gasteiger partial charge in [-0.1, -0.05) is 24.3 Å². The van der Waals surface area contributed by atoms with E-state index in [1.807, 2.05) is 24.3 Å². The number of ether oxygens (including phenoxy) is 2. The molecule has 0 heterocycles. The Morgan fingerprint density at radius 1 is 0.773 bits per heavy atom. The maximum atomic E-state index is 6.15. The van der Waals surface area contributed by atoms with Gasteiger partial charge in [-0.3, -0.25) is 0 Å². The second-order valence-corrected chi connectivity index (χ2v) is 6.28. The molecule has 116 valence electrons. The predicted molar refractivity (Wildman–Crippen MR) is 89.7 cm³/mol. The van der Waals surface area contributed by atoms with E-state index in [1.54, 1.807) is 0 Å². The van der Waals surface area contributed by atoms with Gasteiger partial charge in [-0.15, -0.1) is 0 Å².